The number of hydrogen-bond acceptors (Lipinski definition) is 8. The molecule has 0 N–H and O–H groups in total. The zero-order valence-corrected chi connectivity index (χ0v) is 22.6. The summed E-state index contributed by atoms with van der Waals surface area (Å²) in [5, 5.41) is 0. The van der Waals surface area contributed by atoms with Gasteiger partial charge in [0, 0.05) is 31.5 Å². The van der Waals surface area contributed by atoms with E-state index in [9.17, 15) is 18.8 Å². The van der Waals surface area contributed by atoms with Gasteiger partial charge >= 0.3 is 11.9 Å². The molecule has 0 bridgehead atoms. The first-order valence-corrected chi connectivity index (χ1v) is 12.9. The van der Waals surface area contributed by atoms with Crippen molar-refractivity contribution in [1.29, 1.82) is 0 Å². The molecule has 1 fully saturated rings. The molecule has 0 spiro atoms. The lowest BCUT2D eigenvalue weighted by Gasteiger charge is -2.31. The first kappa shape index (κ1) is 29.1. The molecule has 1 aliphatic rings. The number of halogens is 1. The lowest BCUT2D eigenvalue weighted by molar-refractivity contribution is -0.154. The van der Waals surface area contributed by atoms with Crippen molar-refractivity contribution in [3.05, 3.63) is 53.1 Å². The smallest absolute Gasteiger partial charge is 0.309 e. The summed E-state index contributed by atoms with van der Waals surface area (Å²) in [6, 6.07) is 6.26. The maximum absolute atomic E-state index is 13.8. The Balaban J connectivity index is 1.72. The van der Waals surface area contributed by atoms with Crippen LogP contribution in [0.5, 0.6) is 11.5 Å². The summed E-state index contributed by atoms with van der Waals surface area (Å²) in [5.41, 5.74) is 1.78. The first-order valence-electron chi connectivity index (χ1n) is 12.9. The minimum absolute atomic E-state index is 0.0308. The van der Waals surface area contributed by atoms with Crippen molar-refractivity contribution in [2.45, 2.75) is 71.8 Å². The molecule has 0 saturated heterocycles. The molecule has 1 aromatic heterocycles. The lowest BCUT2D eigenvalue weighted by Crippen LogP contribution is -2.30. The SMILES string of the molecule is COc1ccnc(C(=O)C[C@@H](C)C(=O)O[C@@H](C)[C@H](c2ccc(F)cc2C)C2CCCC2)c1OCOC(C)=O. The molecule has 3 rings (SSSR count). The third-order valence-electron chi connectivity index (χ3n) is 7.02. The number of esters is 2. The molecular formula is C29H36FNO7. The molecule has 206 valence electrons. The zero-order valence-electron chi connectivity index (χ0n) is 22.6. The van der Waals surface area contributed by atoms with E-state index >= 15 is 0 Å². The number of carbonyl (C=O) groups excluding carboxylic acids is 3. The molecule has 0 unspecified atom stereocenters. The number of benzene rings is 1. The molecular weight excluding hydrogens is 493 g/mol. The molecule has 9 heteroatoms. The molecule has 3 atom stereocenters. The average molecular weight is 530 g/mol. The van der Waals surface area contributed by atoms with Gasteiger partial charge in [0.05, 0.1) is 13.0 Å². The van der Waals surface area contributed by atoms with E-state index in [2.05, 4.69) is 4.98 Å². The quantitative estimate of drug-likeness (QED) is 0.200. The van der Waals surface area contributed by atoms with Gasteiger partial charge in [0.15, 0.2) is 23.0 Å². The summed E-state index contributed by atoms with van der Waals surface area (Å²) in [6.45, 7) is 6.18. The van der Waals surface area contributed by atoms with Crippen LogP contribution in [-0.4, -0.2) is 42.7 Å². The normalized spacial score (nSPS) is 15.8. The van der Waals surface area contributed by atoms with E-state index < -0.39 is 36.5 Å². The molecule has 2 aromatic rings. The second-order valence-corrected chi connectivity index (χ2v) is 9.83. The number of ketones is 1. The molecule has 0 aliphatic heterocycles. The Morgan fingerprint density at radius 2 is 1.84 bits per heavy atom. The Morgan fingerprint density at radius 1 is 1.13 bits per heavy atom. The van der Waals surface area contributed by atoms with Crippen molar-refractivity contribution in [3.63, 3.8) is 0 Å². The van der Waals surface area contributed by atoms with Crippen molar-refractivity contribution in [2.75, 3.05) is 13.9 Å². The first-order chi connectivity index (χ1) is 18.1. The standard InChI is InChI=1S/C29H36FNO7/c1-17-14-22(30)10-11-23(17)26(21-8-6-7-9-21)19(3)38-29(34)18(2)15-24(33)27-28(37-16-36-20(4)32)25(35-5)12-13-31-27/h10-14,18-19,21,26H,6-9,15-16H2,1-5H3/t18-,19+,26+/m1/s1. The van der Waals surface area contributed by atoms with Crippen LogP contribution in [0.25, 0.3) is 0 Å². The van der Waals surface area contributed by atoms with E-state index in [4.69, 9.17) is 18.9 Å². The van der Waals surface area contributed by atoms with Crippen LogP contribution in [-0.2, 0) is 19.1 Å². The van der Waals surface area contributed by atoms with Crippen LogP contribution in [0, 0.1) is 24.6 Å². The van der Waals surface area contributed by atoms with Crippen LogP contribution in [0.1, 0.15) is 80.4 Å². The van der Waals surface area contributed by atoms with Gasteiger partial charge in [-0.3, -0.25) is 14.4 Å². The molecule has 1 heterocycles. The molecule has 38 heavy (non-hydrogen) atoms. The number of nitrogens with zero attached hydrogens (tertiary/aromatic N) is 1. The molecule has 1 aromatic carbocycles. The Bertz CT molecular complexity index is 1150. The van der Waals surface area contributed by atoms with Crippen LogP contribution < -0.4 is 9.47 Å². The Hall–Kier alpha value is -3.49. The maximum atomic E-state index is 13.8. The van der Waals surface area contributed by atoms with Gasteiger partial charge in [-0.1, -0.05) is 25.8 Å². The summed E-state index contributed by atoms with van der Waals surface area (Å²) in [4.78, 5) is 41.4. The molecule has 8 nitrogen and oxygen atoms in total. The number of ether oxygens (including phenoxy) is 4. The summed E-state index contributed by atoms with van der Waals surface area (Å²) >= 11 is 0. The summed E-state index contributed by atoms with van der Waals surface area (Å²) in [5.74, 6) is -1.99. The van der Waals surface area contributed by atoms with E-state index in [-0.39, 0.29) is 35.3 Å². The minimum Gasteiger partial charge on any atom is -0.493 e. The highest BCUT2D eigenvalue weighted by Crippen LogP contribution is 2.41. The number of carbonyl (C=O) groups is 3. The third-order valence-corrected chi connectivity index (χ3v) is 7.02. The Kier molecular flexibility index (Phi) is 10.2. The van der Waals surface area contributed by atoms with Gasteiger partial charge in [-0.05, 0) is 55.9 Å². The largest absolute Gasteiger partial charge is 0.493 e. The van der Waals surface area contributed by atoms with Crippen molar-refractivity contribution in [3.8, 4) is 11.5 Å². The third kappa shape index (κ3) is 7.30. The molecule has 0 radical (unpaired) electrons. The predicted molar refractivity (Wildman–Crippen MR) is 138 cm³/mol. The summed E-state index contributed by atoms with van der Waals surface area (Å²) < 4.78 is 35.2. The van der Waals surface area contributed by atoms with E-state index in [1.165, 1.54) is 38.4 Å². The van der Waals surface area contributed by atoms with Gasteiger partial charge in [0.25, 0.3) is 0 Å². The van der Waals surface area contributed by atoms with E-state index in [1.54, 1.807) is 13.0 Å². The van der Waals surface area contributed by atoms with Crippen LogP contribution in [0.3, 0.4) is 0 Å². The van der Waals surface area contributed by atoms with Crippen molar-refractivity contribution in [1.82, 2.24) is 4.98 Å². The highest BCUT2D eigenvalue weighted by molar-refractivity contribution is 5.99. The molecule has 1 saturated carbocycles. The second kappa shape index (κ2) is 13.3. The van der Waals surface area contributed by atoms with E-state index in [0.29, 0.717) is 5.92 Å². The Morgan fingerprint density at radius 3 is 2.47 bits per heavy atom. The fraction of sp³-hybridized carbons (Fsp3) is 0.517. The van der Waals surface area contributed by atoms with Gasteiger partial charge in [-0.2, -0.15) is 0 Å². The molecule has 1 aliphatic carbocycles. The van der Waals surface area contributed by atoms with Crippen molar-refractivity contribution >= 4 is 17.7 Å². The topological polar surface area (TPSA) is 101 Å². The fourth-order valence-corrected chi connectivity index (χ4v) is 5.15. The summed E-state index contributed by atoms with van der Waals surface area (Å²) in [7, 11) is 1.41. The van der Waals surface area contributed by atoms with Gasteiger partial charge in [0.2, 0.25) is 6.79 Å². The highest BCUT2D eigenvalue weighted by Gasteiger charge is 2.35. The fourth-order valence-electron chi connectivity index (χ4n) is 5.15. The van der Waals surface area contributed by atoms with E-state index in [1.807, 2.05) is 13.8 Å². The van der Waals surface area contributed by atoms with Gasteiger partial charge < -0.3 is 18.9 Å². The maximum Gasteiger partial charge on any atom is 0.309 e. The van der Waals surface area contributed by atoms with Crippen LogP contribution in [0.4, 0.5) is 4.39 Å². The van der Waals surface area contributed by atoms with Gasteiger partial charge in [0.1, 0.15) is 11.9 Å². The lowest BCUT2D eigenvalue weighted by atomic mass is 9.79. The van der Waals surface area contributed by atoms with Crippen LogP contribution >= 0.6 is 0 Å². The number of rotatable bonds is 12. The average Bonchev–Trinajstić information content (AvgIpc) is 3.39. The molecule has 0 amide bonds. The number of hydrogen-bond donors (Lipinski definition) is 0. The van der Waals surface area contributed by atoms with Crippen LogP contribution in [0.15, 0.2) is 30.5 Å². The van der Waals surface area contributed by atoms with Crippen LogP contribution in [0.2, 0.25) is 0 Å². The number of pyridine rings is 1. The number of Topliss-reactive ketones (excluding diaryl/α,β-unsaturated/α-hetero) is 1. The monoisotopic (exact) mass is 529 g/mol. The number of methoxy groups -OCH3 is 1. The highest BCUT2D eigenvalue weighted by atomic mass is 19.1. The van der Waals surface area contributed by atoms with E-state index in [0.717, 1.165) is 36.8 Å². The number of aromatic nitrogens is 1. The number of aryl methyl sites for hydroxylation is 1. The predicted octanol–water partition coefficient (Wildman–Crippen LogP) is 5.55. The van der Waals surface area contributed by atoms with Gasteiger partial charge in [-0.25, -0.2) is 9.37 Å². The second-order valence-electron chi connectivity index (χ2n) is 9.83. The summed E-state index contributed by atoms with van der Waals surface area (Å²) in [6.07, 6.45) is 5.05. The Labute approximate surface area is 222 Å². The minimum atomic E-state index is -0.752. The van der Waals surface area contributed by atoms with Gasteiger partial charge in [-0.15, -0.1) is 0 Å². The zero-order chi connectivity index (χ0) is 27.8. The van der Waals surface area contributed by atoms with Crippen molar-refractivity contribution in [2.24, 2.45) is 11.8 Å². The van der Waals surface area contributed by atoms with Crippen molar-refractivity contribution < 1.29 is 37.7 Å².